The summed E-state index contributed by atoms with van der Waals surface area (Å²) in [7, 11) is 1.75. The fourth-order valence-corrected chi connectivity index (χ4v) is 4.08. The van der Waals surface area contributed by atoms with Crippen molar-refractivity contribution in [2.75, 3.05) is 12.4 Å². The highest BCUT2D eigenvalue weighted by atomic mass is 16.5. The number of para-hydroxylation sites is 1. The van der Waals surface area contributed by atoms with E-state index in [2.05, 4.69) is 52.0 Å². The van der Waals surface area contributed by atoms with Crippen LogP contribution in [-0.4, -0.2) is 24.2 Å². The van der Waals surface area contributed by atoms with Gasteiger partial charge in [0.25, 0.3) is 5.91 Å². The number of fused-ring (bicyclic) bond motifs is 1. The molecule has 5 aromatic rings. The maximum Gasteiger partial charge on any atom is 0.251 e. The number of ether oxygens (including phenoxy) is 1. The van der Waals surface area contributed by atoms with E-state index in [9.17, 15) is 9.59 Å². The molecule has 6 heteroatoms. The van der Waals surface area contributed by atoms with Crippen LogP contribution in [0, 0.1) is 0 Å². The highest BCUT2D eigenvalue weighted by Crippen LogP contribution is 2.32. The zero-order valence-corrected chi connectivity index (χ0v) is 19.7. The third-order valence-electron chi connectivity index (χ3n) is 6.07. The van der Waals surface area contributed by atoms with E-state index in [0.717, 1.165) is 28.5 Å². The summed E-state index contributed by atoms with van der Waals surface area (Å²) < 4.78 is 5.93. The van der Waals surface area contributed by atoms with E-state index >= 15 is 0 Å². The Hall–Kier alpha value is -4.84. The van der Waals surface area contributed by atoms with E-state index in [0.29, 0.717) is 34.9 Å². The van der Waals surface area contributed by atoms with E-state index in [1.165, 1.54) is 5.39 Å². The minimum absolute atomic E-state index is 0.187. The van der Waals surface area contributed by atoms with Crippen molar-refractivity contribution in [2.45, 2.75) is 6.54 Å². The second-order valence-corrected chi connectivity index (χ2v) is 8.38. The monoisotopic (exact) mass is 475 g/mol. The number of hydrogen-bond donors (Lipinski definition) is 3. The average molecular weight is 476 g/mol. The van der Waals surface area contributed by atoms with Gasteiger partial charge in [0, 0.05) is 30.9 Å². The number of anilines is 1. The smallest absolute Gasteiger partial charge is 0.251 e. The van der Waals surface area contributed by atoms with Crippen molar-refractivity contribution in [2.24, 2.45) is 0 Å². The van der Waals surface area contributed by atoms with Crippen LogP contribution in [0.5, 0.6) is 11.5 Å². The predicted octanol–water partition coefficient (Wildman–Crippen LogP) is 6.41. The third-order valence-corrected chi connectivity index (χ3v) is 6.07. The minimum atomic E-state index is -0.187. The van der Waals surface area contributed by atoms with Crippen molar-refractivity contribution in [3.8, 4) is 22.6 Å². The Morgan fingerprint density at radius 3 is 2.50 bits per heavy atom. The Morgan fingerprint density at radius 1 is 0.889 bits per heavy atom. The molecule has 0 unspecified atom stereocenters. The van der Waals surface area contributed by atoms with Crippen LogP contribution in [0.3, 0.4) is 0 Å². The first kappa shape index (κ1) is 22.9. The molecule has 0 atom stereocenters. The molecule has 5 rings (SSSR count). The van der Waals surface area contributed by atoms with Gasteiger partial charge in [-0.3, -0.25) is 9.59 Å². The number of nitrogens with one attached hydrogen (secondary N) is 3. The van der Waals surface area contributed by atoms with E-state index in [4.69, 9.17) is 4.74 Å². The van der Waals surface area contributed by atoms with Gasteiger partial charge in [0.05, 0.1) is 11.3 Å². The number of aldehydes is 1. The molecule has 0 spiro atoms. The average Bonchev–Trinajstić information content (AvgIpc) is 3.40. The summed E-state index contributed by atoms with van der Waals surface area (Å²) in [4.78, 5) is 27.3. The third kappa shape index (κ3) is 4.83. The Balaban J connectivity index is 1.25. The Bertz CT molecular complexity index is 1540. The van der Waals surface area contributed by atoms with Gasteiger partial charge in [0.2, 0.25) is 0 Å². The normalized spacial score (nSPS) is 10.7. The van der Waals surface area contributed by atoms with E-state index in [1.54, 1.807) is 49.5 Å². The van der Waals surface area contributed by atoms with Crippen LogP contribution < -0.4 is 15.4 Å². The summed E-state index contributed by atoms with van der Waals surface area (Å²) >= 11 is 0. The molecule has 0 fully saturated rings. The lowest BCUT2D eigenvalue weighted by molar-refractivity contribution is 0.0950. The summed E-state index contributed by atoms with van der Waals surface area (Å²) in [6, 6.07) is 28.7. The summed E-state index contributed by atoms with van der Waals surface area (Å²) in [5.41, 5.74) is 6.00. The Labute approximate surface area is 208 Å². The summed E-state index contributed by atoms with van der Waals surface area (Å²) in [5, 5.41) is 7.21. The summed E-state index contributed by atoms with van der Waals surface area (Å²) in [6.07, 6.45) is 2.69. The van der Waals surface area contributed by atoms with Crippen LogP contribution in [0.2, 0.25) is 0 Å². The lowest BCUT2D eigenvalue weighted by atomic mass is 10.0. The zero-order valence-electron chi connectivity index (χ0n) is 19.7. The molecule has 3 N–H and O–H groups in total. The first-order valence-corrected chi connectivity index (χ1v) is 11.6. The topological polar surface area (TPSA) is 83.2 Å². The zero-order chi connectivity index (χ0) is 24.9. The first-order chi connectivity index (χ1) is 17.6. The first-order valence-electron chi connectivity index (χ1n) is 11.6. The van der Waals surface area contributed by atoms with Crippen molar-refractivity contribution in [3.05, 3.63) is 114 Å². The van der Waals surface area contributed by atoms with Gasteiger partial charge in [-0.2, -0.15) is 0 Å². The molecular weight excluding hydrogens is 450 g/mol. The van der Waals surface area contributed by atoms with Gasteiger partial charge in [0.1, 0.15) is 5.75 Å². The molecule has 1 amide bonds. The number of amides is 1. The molecule has 4 aromatic carbocycles. The van der Waals surface area contributed by atoms with E-state index in [-0.39, 0.29) is 5.91 Å². The van der Waals surface area contributed by atoms with Gasteiger partial charge in [-0.05, 0) is 70.6 Å². The van der Waals surface area contributed by atoms with Crippen LogP contribution >= 0.6 is 0 Å². The van der Waals surface area contributed by atoms with Gasteiger partial charge < -0.3 is 20.4 Å². The molecule has 178 valence electrons. The molecule has 6 nitrogen and oxygen atoms in total. The number of H-pyrrole nitrogens is 1. The van der Waals surface area contributed by atoms with Gasteiger partial charge in [-0.15, -0.1) is 0 Å². The van der Waals surface area contributed by atoms with Crippen molar-refractivity contribution < 1.29 is 14.3 Å². The standard InChI is InChI=1S/C30H25N3O3/c1-31-27-17-24(11-13-29(27)36-28-5-3-2-4-25(28)19-34)30(35)33-18-20-6-8-21(9-7-20)22-10-12-26-23(16-22)14-15-32-26/h2-17,19,31-32H,18H2,1H3,(H,33,35). The molecule has 0 saturated heterocycles. The Morgan fingerprint density at radius 2 is 1.69 bits per heavy atom. The van der Waals surface area contributed by atoms with Crippen molar-refractivity contribution >= 4 is 28.8 Å². The molecular formula is C30H25N3O3. The molecule has 0 aliphatic carbocycles. The lowest BCUT2D eigenvalue weighted by Gasteiger charge is -2.14. The minimum Gasteiger partial charge on any atom is -0.454 e. The van der Waals surface area contributed by atoms with E-state index in [1.807, 2.05) is 18.3 Å². The molecule has 0 saturated carbocycles. The Kier molecular flexibility index (Phi) is 6.49. The number of benzene rings is 4. The van der Waals surface area contributed by atoms with Crippen molar-refractivity contribution in [3.63, 3.8) is 0 Å². The van der Waals surface area contributed by atoms with Gasteiger partial charge in [-0.25, -0.2) is 0 Å². The van der Waals surface area contributed by atoms with Crippen LogP contribution in [0.25, 0.3) is 22.0 Å². The van der Waals surface area contributed by atoms with E-state index < -0.39 is 0 Å². The summed E-state index contributed by atoms with van der Waals surface area (Å²) in [6.45, 7) is 0.413. The molecule has 0 aliphatic rings. The number of carbonyl (C=O) groups is 2. The van der Waals surface area contributed by atoms with Crippen molar-refractivity contribution in [1.29, 1.82) is 0 Å². The fraction of sp³-hybridized carbons (Fsp3) is 0.0667. The molecule has 0 radical (unpaired) electrons. The number of hydrogen-bond acceptors (Lipinski definition) is 4. The highest BCUT2D eigenvalue weighted by Gasteiger charge is 2.12. The second-order valence-electron chi connectivity index (χ2n) is 8.38. The molecule has 0 aliphatic heterocycles. The summed E-state index contributed by atoms with van der Waals surface area (Å²) in [5.74, 6) is 0.794. The lowest BCUT2D eigenvalue weighted by Crippen LogP contribution is -2.22. The maximum atomic E-state index is 12.8. The second kappa shape index (κ2) is 10.2. The quantitative estimate of drug-likeness (QED) is 0.226. The van der Waals surface area contributed by atoms with Gasteiger partial charge in [0.15, 0.2) is 12.0 Å². The molecule has 0 bridgehead atoms. The predicted molar refractivity (Wildman–Crippen MR) is 143 cm³/mol. The van der Waals surface area contributed by atoms with Gasteiger partial charge >= 0.3 is 0 Å². The number of rotatable bonds is 8. The fourth-order valence-electron chi connectivity index (χ4n) is 4.08. The number of aromatic amines is 1. The number of aromatic nitrogens is 1. The maximum absolute atomic E-state index is 12.8. The van der Waals surface area contributed by atoms with Crippen LogP contribution in [-0.2, 0) is 6.54 Å². The molecule has 36 heavy (non-hydrogen) atoms. The van der Waals surface area contributed by atoms with Crippen LogP contribution in [0.15, 0.2) is 97.2 Å². The van der Waals surface area contributed by atoms with Crippen LogP contribution in [0.1, 0.15) is 26.3 Å². The molecule has 1 heterocycles. The number of carbonyl (C=O) groups excluding carboxylic acids is 2. The van der Waals surface area contributed by atoms with Crippen LogP contribution in [0.4, 0.5) is 5.69 Å². The highest BCUT2D eigenvalue weighted by molar-refractivity contribution is 5.95. The van der Waals surface area contributed by atoms with Gasteiger partial charge in [-0.1, -0.05) is 42.5 Å². The molecule has 1 aromatic heterocycles. The largest absolute Gasteiger partial charge is 0.454 e. The SMILES string of the molecule is CNc1cc(C(=O)NCc2ccc(-c3ccc4[nH]ccc4c3)cc2)ccc1Oc1ccccc1C=O. The van der Waals surface area contributed by atoms with Crippen molar-refractivity contribution in [1.82, 2.24) is 10.3 Å².